The number of nitrogens with one attached hydrogen (secondary N) is 2. The number of nitrogens with two attached hydrogens (primary N) is 1. The van der Waals surface area contributed by atoms with E-state index in [1.807, 2.05) is 18.5 Å². The molecule has 0 spiro atoms. The van der Waals surface area contributed by atoms with Crippen molar-refractivity contribution in [1.82, 2.24) is 24.6 Å². The van der Waals surface area contributed by atoms with Crippen LogP contribution < -0.4 is 16.4 Å². The molecular weight excluding hydrogens is 494 g/mol. The summed E-state index contributed by atoms with van der Waals surface area (Å²) in [6.45, 7) is 1.68. The fraction of sp³-hybridized carbons (Fsp3) is 0.320. The fourth-order valence-electron chi connectivity index (χ4n) is 4.35. The van der Waals surface area contributed by atoms with Crippen molar-refractivity contribution in [3.8, 4) is 0 Å². The van der Waals surface area contributed by atoms with Gasteiger partial charge in [0.15, 0.2) is 5.13 Å². The van der Waals surface area contributed by atoms with Crippen LogP contribution in [-0.2, 0) is 22.9 Å². The van der Waals surface area contributed by atoms with Crippen LogP contribution >= 0.6 is 11.3 Å². The summed E-state index contributed by atoms with van der Waals surface area (Å²) in [5.41, 5.74) is 9.70. The number of thiazole rings is 1. The highest BCUT2D eigenvalue weighted by atomic mass is 32.2. The third-order valence-corrected chi connectivity index (χ3v) is 9.26. The topological polar surface area (TPSA) is 126 Å². The summed E-state index contributed by atoms with van der Waals surface area (Å²) in [5.74, 6) is 0.461. The number of rotatable bonds is 8. The molecule has 0 saturated carbocycles. The molecule has 0 radical (unpaired) electrons. The Bertz CT molecular complexity index is 1430. The second kappa shape index (κ2) is 10.5. The van der Waals surface area contributed by atoms with Crippen LogP contribution in [0.2, 0.25) is 0 Å². The first-order chi connectivity index (χ1) is 17.4. The van der Waals surface area contributed by atoms with Crippen LogP contribution in [0.1, 0.15) is 24.0 Å². The van der Waals surface area contributed by atoms with Gasteiger partial charge in [0.05, 0.1) is 15.1 Å². The van der Waals surface area contributed by atoms with Gasteiger partial charge in [0.1, 0.15) is 0 Å². The lowest BCUT2D eigenvalue weighted by molar-refractivity contribution is 0.296. The van der Waals surface area contributed by atoms with E-state index in [1.54, 1.807) is 31.3 Å². The SMILES string of the molecule is CN(C1CCNCC1)S(=O)(=O)c1ccc(Nc2ncc(CCc3ccc4nc(N)sc4c3)cn2)cc1. The van der Waals surface area contributed by atoms with Gasteiger partial charge in [-0.3, -0.25) is 0 Å². The predicted molar refractivity (Wildman–Crippen MR) is 144 cm³/mol. The quantitative estimate of drug-likeness (QED) is 0.320. The summed E-state index contributed by atoms with van der Waals surface area (Å²) >= 11 is 1.50. The van der Waals surface area contributed by atoms with Crippen LogP contribution in [0, 0.1) is 0 Å². The van der Waals surface area contributed by atoms with Gasteiger partial charge in [-0.25, -0.2) is 23.4 Å². The molecule has 5 rings (SSSR count). The van der Waals surface area contributed by atoms with Gasteiger partial charge in [0.2, 0.25) is 16.0 Å². The maximum Gasteiger partial charge on any atom is 0.243 e. The van der Waals surface area contributed by atoms with Crippen LogP contribution in [0.5, 0.6) is 0 Å². The number of anilines is 3. The minimum atomic E-state index is -3.54. The molecule has 1 fully saturated rings. The van der Waals surface area contributed by atoms with Gasteiger partial charge in [-0.2, -0.15) is 4.31 Å². The van der Waals surface area contributed by atoms with Crippen molar-refractivity contribution in [1.29, 1.82) is 0 Å². The first-order valence-corrected chi connectivity index (χ1v) is 14.2. The number of hydrogen-bond donors (Lipinski definition) is 3. The Labute approximate surface area is 214 Å². The Morgan fingerprint density at radius 2 is 1.75 bits per heavy atom. The third-order valence-electron chi connectivity index (χ3n) is 6.49. The maximum absolute atomic E-state index is 13.0. The van der Waals surface area contributed by atoms with Crippen LogP contribution in [0.4, 0.5) is 16.8 Å². The summed E-state index contributed by atoms with van der Waals surface area (Å²) in [7, 11) is -1.87. The number of fused-ring (bicyclic) bond motifs is 1. The summed E-state index contributed by atoms with van der Waals surface area (Å²) in [4.78, 5) is 13.4. The lowest BCUT2D eigenvalue weighted by Crippen LogP contribution is -2.43. The summed E-state index contributed by atoms with van der Waals surface area (Å²) in [6, 6.07) is 13.0. The van der Waals surface area contributed by atoms with E-state index in [0.717, 1.165) is 60.2 Å². The van der Waals surface area contributed by atoms with Crippen molar-refractivity contribution < 1.29 is 8.42 Å². The molecule has 2 aromatic carbocycles. The molecule has 0 bridgehead atoms. The number of piperidine rings is 1. The minimum absolute atomic E-state index is 0.0235. The molecule has 11 heteroatoms. The van der Waals surface area contributed by atoms with Gasteiger partial charge in [0, 0.05) is 31.2 Å². The van der Waals surface area contributed by atoms with Crippen LogP contribution in [0.15, 0.2) is 59.8 Å². The zero-order valence-corrected chi connectivity index (χ0v) is 21.6. The van der Waals surface area contributed by atoms with Crippen LogP contribution in [0.3, 0.4) is 0 Å². The monoisotopic (exact) mass is 523 g/mol. The number of sulfonamides is 1. The Morgan fingerprint density at radius 3 is 2.47 bits per heavy atom. The van der Waals surface area contributed by atoms with E-state index in [-0.39, 0.29) is 10.9 Å². The molecule has 188 valence electrons. The van der Waals surface area contributed by atoms with Crippen molar-refractivity contribution in [3.63, 3.8) is 0 Å². The molecule has 0 aliphatic carbocycles. The van der Waals surface area contributed by atoms with Crippen LogP contribution in [-0.4, -0.2) is 53.9 Å². The lowest BCUT2D eigenvalue weighted by Gasteiger charge is -2.30. The number of hydrogen-bond acceptors (Lipinski definition) is 9. The molecule has 1 aliphatic rings. The van der Waals surface area contributed by atoms with Crippen molar-refractivity contribution in [2.75, 3.05) is 31.2 Å². The normalized spacial score (nSPS) is 14.9. The molecule has 0 atom stereocenters. The van der Waals surface area contributed by atoms with E-state index < -0.39 is 10.0 Å². The Morgan fingerprint density at radius 1 is 1.06 bits per heavy atom. The van der Waals surface area contributed by atoms with E-state index in [2.05, 4.69) is 37.7 Å². The summed E-state index contributed by atoms with van der Waals surface area (Å²) < 4.78 is 28.6. The number of benzene rings is 2. The van der Waals surface area contributed by atoms with E-state index >= 15 is 0 Å². The van der Waals surface area contributed by atoms with Gasteiger partial charge in [-0.15, -0.1) is 0 Å². The molecule has 4 N–H and O–H groups in total. The first-order valence-electron chi connectivity index (χ1n) is 11.9. The predicted octanol–water partition coefficient (Wildman–Crippen LogP) is 3.57. The molecule has 9 nitrogen and oxygen atoms in total. The lowest BCUT2D eigenvalue weighted by atomic mass is 10.1. The highest BCUT2D eigenvalue weighted by molar-refractivity contribution is 7.89. The summed E-state index contributed by atoms with van der Waals surface area (Å²) in [6.07, 6.45) is 6.94. The standard InChI is InChI=1S/C25H29N7O2S2/c1-32(20-10-12-27-13-11-20)36(33,34)21-7-5-19(6-8-21)30-25-28-15-18(16-29-25)3-2-17-4-9-22-23(14-17)35-24(26)31-22/h4-9,14-16,20,27H,2-3,10-13H2,1H3,(H2,26,31)(H,28,29,30). The number of aromatic nitrogens is 3. The molecule has 4 aromatic rings. The largest absolute Gasteiger partial charge is 0.375 e. The second-order valence-electron chi connectivity index (χ2n) is 8.92. The zero-order valence-electron chi connectivity index (χ0n) is 20.0. The highest BCUT2D eigenvalue weighted by Gasteiger charge is 2.28. The highest BCUT2D eigenvalue weighted by Crippen LogP contribution is 2.26. The second-order valence-corrected chi connectivity index (χ2v) is 12.0. The van der Waals surface area contributed by atoms with Gasteiger partial charge in [-0.1, -0.05) is 17.4 Å². The number of nitrogens with zero attached hydrogens (tertiary/aromatic N) is 4. The molecule has 0 amide bonds. The number of nitrogen functional groups attached to an aromatic ring is 1. The molecule has 36 heavy (non-hydrogen) atoms. The van der Waals surface area contributed by atoms with Crippen LogP contribution in [0.25, 0.3) is 10.2 Å². The Hall–Kier alpha value is -3.12. The van der Waals surface area contributed by atoms with E-state index in [9.17, 15) is 8.42 Å². The average Bonchev–Trinajstić information content (AvgIpc) is 3.28. The van der Waals surface area contributed by atoms with E-state index in [4.69, 9.17) is 5.73 Å². The van der Waals surface area contributed by atoms with Crippen molar-refractivity contribution in [2.24, 2.45) is 0 Å². The minimum Gasteiger partial charge on any atom is -0.375 e. The third kappa shape index (κ3) is 5.49. The van der Waals surface area contributed by atoms with Gasteiger partial charge in [0.25, 0.3) is 0 Å². The smallest absolute Gasteiger partial charge is 0.243 e. The van der Waals surface area contributed by atoms with Gasteiger partial charge >= 0.3 is 0 Å². The molecule has 2 aromatic heterocycles. The summed E-state index contributed by atoms with van der Waals surface area (Å²) in [5, 5.41) is 6.99. The van der Waals surface area contributed by atoms with Gasteiger partial charge in [-0.05, 0) is 86.3 Å². The molecule has 3 heterocycles. The molecule has 1 aliphatic heterocycles. The average molecular weight is 524 g/mol. The Balaban J connectivity index is 1.18. The zero-order chi connectivity index (χ0) is 25.1. The van der Waals surface area contributed by atoms with Crippen molar-refractivity contribution in [2.45, 2.75) is 36.6 Å². The van der Waals surface area contributed by atoms with E-state index in [0.29, 0.717) is 11.1 Å². The van der Waals surface area contributed by atoms with E-state index in [1.165, 1.54) is 21.2 Å². The van der Waals surface area contributed by atoms with Crippen molar-refractivity contribution >= 4 is 48.3 Å². The molecule has 0 unspecified atom stereocenters. The number of aryl methyl sites for hydroxylation is 2. The van der Waals surface area contributed by atoms with Gasteiger partial charge < -0.3 is 16.4 Å². The molecule has 1 saturated heterocycles. The fourth-order valence-corrected chi connectivity index (χ4v) is 6.57. The Kier molecular flexibility index (Phi) is 7.15. The first kappa shape index (κ1) is 24.6. The molecular formula is C25H29N7O2S2. The maximum atomic E-state index is 13.0. The van der Waals surface area contributed by atoms with Crippen molar-refractivity contribution in [3.05, 3.63) is 66.0 Å².